The monoisotopic (exact) mass is 473 g/mol. The van der Waals surface area contributed by atoms with Crippen molar-refractivity contribution in [2.24, 2.45) is 0 Å². The van der Waals surface area contributed by atoms with Crippen molar-refractivity contribution >= 4 is 17.6 Å². The topological polar surface area (TPSA) is 79.7 Å². The summed E-state index contributed by atoms with van der Waals surface area (Å²) in [6, 6.07) is 17.2. The number of aromatic nitrogens is 2. The maximum atomic E-state index is 12.8. The predicted octanol–water partition coefficient (Wildman–Crippen LogP) is 3.32. The smallest absolute Gasteiger partial charge is 0.251 e. The second-order valence-electron chi connectivity index (χ2n) is 9.07. The molecule has 1 fully saturated rings. The van der Waals surface area contributed by atoms with Gasteiger partial charge in [-0.05, 0) is 67.9 Å². The zero-order valence-electron chi connectivity index (χ0n) is 20.1. The van der Waals surface area contributed by atoms with Gasteiger partial charge in [-0.1, -0.05) is 12.1 Å². The summed E-state index contributed by atoms with van der Waals surface area (Å²) in [5, 5.41) is 7.73. The van der Waals surface area contributed by atoms with Crippen LogP contribution in [0.15, 0.2) is 54.6 Å². The van der Waals surface area contributed by atoms with Gasteiger partial charge in [0.2, 0.25) is 5.91 Å². The predicted molar refractivity (Wildman–Crippen MR) is 134 cm³/mol. The number of carbonyl (C=O) groups is 2. The molecule has 0 aliphatic carbocycles. The largest absolute Gasteiger partial charge is 0.497 e. The van der Waals surface area contributed by atoms with Gasteiger partial charge in [0.1, 0.15) is 11.6 Å². The van der Waals surface area contributed by atoms with E-state index in [9.17, 15) is 9.59 Å². The Morgan fingerprint density at radius 2 is 1.77 bits per heavy atom. The lowest BCUT2D eigenvalue weighted by molar-refractivity contribution is -0.119. The maximum Gasteiger partial charge on any atom is 0.251 e. The summed E-state index contributed by atoms with van der Waals surface area (Å²) in [5.74, 6) is 1.59. The molecule has 2 aromatic carbocycles. The molecule has 0 saturated carbocycles. The molecular weight excluding hydrogens is 442 g/mol. The third kappa shape index (κ3) is 5.22. The number of fused-ring (bicyclic) bond motifs is 1. The highest BCUT2D eigenvalue weighted by Crippen LogP contribution is 2.30. The van der Waals surface area contributed by atoms with E-state index in [-0.39, 0.29) is 11.8 Å². The zero-order valence-corrected chi connectivity index (χ0v) is 20.1. The Labute approximate surface area is 205 Å². The molecule has 2 aliphatic rings. The standard InChI is InChI=1S/C27H31N5O3/c1-35-23-10-8-21(9-11-23)24-18-25-31(26(33)12-16-32(25)29-24)19-20-4-6-22(7-5-20)27(34)28-13-17-30-14-2-3-15-30/h4-11,18H,2-3,12-17,19H2,1H3,(H,28,34). The molecule has 8 heteroatoms. The number of carbonyl (C=O) groups excluding carboxylic acids is 2. The van der Waals surface area contributed by atoms with Gasteiger partial charge < -0.3 is 15.0 Å². The van der Waals surface area contributed by atoms with Gasteiger partial charge in [0.05, 0.1) is 25.9 Å². The number of hydrogen-bond donors (Lipinski definition) is 1. The van der Waals surface area contributed by atoms with Gasteiger partial charge in [-0.3, -0.25) is 14.5 Å². The van der Waals surface area contributed by atoms with Crippen molar-refractivity contribution in [1.82, 2.24) is 20.0 Å². The first-order chi connectivity index (χ1) is 17.1. The van der Waals surface area contributed by atoms with E-state index in [4.69, 9.17) is 9.84 Å². The van der Waals surface area contributed by atoms with Gasteiger partial charge >= 0.3 is 0 Å². The summed E-state index contributed by atoms with van der Waals surface area (Å²) in [4.78, 5) is 29.4. The Kier molecular flexibility index (Phi) is 6.81. The summed E-state index contributed by atoms with van der Waals surface area (Å²) in [6.45, 7) is 4.80. The normalized spacial score (nSPS) is 15.8. The van der Waals surface area contributed by atoms with Crippen LogP contribution in [-0.2, 0) is 17.9 Å². The van der Waals surface area contributed by atoms with Crippen molar-refractivity contribution < 1.29 is 14.3 Å². The summed E-state index contributed by atoms with van der Waals surface area (Å²) in [6.07, 6.45) is 2.91. The highest BCUT2D eigenvalue weighted by molar-refractivity contribution is 5.95. The molecule has 1 aromatic heterocycles. The molecule has 1 saturated heterocycles. The van der Waals surface area contributed by atoms with Crippen molar-refractivity contribution in [1.29, 1.82) is 0 Å². The van der Waals surface area contributed by atoms with E-state index >= 15 is 0 Å². The van der Waals surface area contributed by atoms with Gasteiger partial charge in [-0.2, -0.15) is 5.10 Å². The summed E-state index contributed by atoms with van der Waals surface area (Å²) >= 11 is 0. The molecule has 0 atom stereocenters. The van der Waals surface area contributed by atoms with Gasteiger partial charge in [-0.25, -0.2) is 4.68 Å². The number of methoxy groups -OCH3 is 1. The molecule has 8 nitrogen and oxygen atoms in total. The number of likely N-dealkylation sites (tertiary alicyclic amines) is 1. The minimum Gasteiger partial charge on any atom is -0.497 e. The number of aryl methyl sites for hydroxylation is 1. The molecule has 5 rings (SSSR count). The Bertz CT molecular complexity index is 1180. The lowest BCUT2D eigenvalue weighted by Crippen LogP contribution is -2.37. The number of amides is 2. The highest BCUT2D eigenvalue weighted by atomic mass is 16.5. The quantitative estimate of drug-likeness (QED) is 0.543. The molecule has 182 valence electrons. The Morgan fingerprint density at radius 1 is 1.03 bits per heavy atom. The number of ether oxygens (including phenoxy) is 1. The number of nitrogens with zero attached hydrogens (tertiary/aromatic N) is 4. The molecule has 3 heterocycles. The van der Waals surface area contributed by atoms with E-state index in [2.05, 4.69) is 10.2 Å². The number of anilines is 1. The van der Waals surface area contributed by atoms with Crippen molar-refractivity contribution in [2.45, 2.75) is 32.4 Å². The minimum atomic E-state index is -0.0630. The lowest BCUT2D eigenvalue weighted by Gasteiger charge is -2.27. The molecule has 3 aromatic rings. The zero-order chi connectivity index (χ0) is 24.2. The van der Waals surface area contributed by atoms with Crippen molar-refractivity contribution in [2.75, 3.05) is 38.2 Å². The van der Waals surface area contributed by atoms with Crippen LogP contribution in [0.25, 0.3) is 11.3 Å². The molecule has 2 aliphatic heterocycles. The van der Waals surface area contributed by atoms with Crippen LogP contribution in [0.5, 0.6) is 5.75 Å². The van der Waals surface area contributed by atoms with Crippen LogP contribution in [0.2, 0.25) is 0 Å². The third-order valence-electron chi connectivity index (χ3n) is 6.73. The van der Waals surface area contributed by atoms with Crippen molar-refractivity contribution in [3.8, 4) is 17.0 Å². The van der Waals surface area contributed by atoms with E-state index in [1.54, 1.807) is 12.0 Å². The highest BCUT2D eigenvalue weighted by Gasteiger charge is 2.26. The van der Waals surface area contributed by atoms with Crippen molar-refractivity contribution in [3.63, 3.8) is 0 Å². The number of rotatable bonds is 8. The molecule has 0 spiro atoms. The maximum absolute atomic E-state index is 12.8. The van der Waals surface area contributed by atoms with Crippen LogP contribution < -0.4 is 15.0 Å². The SMILES string of the molecule is COc1ccc(-c2cc3n(n2)CCC(=O)N3Cc2ccc(C(=O)NCCN3CCCC3)cc2)cc1. The Hall–Kier alpha value is -3.65. The summed E-state index contributed by atoms with van der Waals surface area (Å²) in [7, 11) is 1.64. The molecule has 0 unspecified atom stereocenters. The van der Waals surface area contributed by atoms with E-state index in [0.717, 1.165) is 48.0 Å². The molecule has 1 N–H and O–H groups in total. The fraction of sp³-hybridized carbons (Fsp3) is 0.370. The third-order valence-corrected chi connectivity index (χ3v) is 6.73. The van der Waals surface area contributed by atoms with Crippen LogP contribution in [0.4, 0.5) is 5.82 Å². The summed E-state index contributed by atoms with van der Waals surface area (Å²) < 4.78 is 7.13. The second-order valence-corrected chi connectivity index (χ2v) is 9.07. The molecule has 0 radical (unpaired) electrons. The fourth-order valence-electron chi connectivity index (χ4n) is 4.70. The van der Waals surface area contributed by atoms with Crippen LogP contribution in [-0.4, -0.2) is 59.8 Å². The Morgan fingerprint density at radius 3 is 2.49 bits per heavy atom. The van der Waals surface area contributed by atoms with E-state index in [0.29, 0.717) is 31.6 Å². The van der Waals surface area contributed by atoms with Crippen LogP contribution in [0, 0.1) is 0 Å². The average molecular weight is 474 g/mol. The van der Waals surface area contributed by atoms with Crippen LogP contribution in [0.3, 0.4) is 0 Å². The Balaban J connectivity index is 1.24. The van der Waals surface area contributed by atoms with Gasteiger partial charge in [0, 0.05) is 36.7 Å². The van der Waals surface area contributed by atoms with E-state index < -0.39 is 0 Å². The first-order valence-corrected chi connectivity index (χ1v) is 12.2. The number of benzene rings is 2. The van der Waals surface area contributed by atoms with Gasteiger partial charge in [0.15, 0.2) is 0 Å². The van der Waals surface area contributed by atoms with Crippen LogP contribution in [0.1, 0.15) is 35.2 Å². The first-order valence-electron chi connectivity index (χ1n) is 12.2. The second kappa shape index (κ2) is 10.3. The molecule has 35 heavy (non-hydrogen) atoms. The average Bonchev–Trinajstić information content (AvgIpc) is 3.56. The number of hydrogen-bond acceptors (Lipinski definition) is 5. The van der Waals surface area contributed by atoms with E-state index in [1.807, 2.05) is 59.3 Å². The van der Waals surface area contributed by atoms with Crippen molar-refractivity contribution in [3.05, 3.63) is 65.7 Å². The fourth-order valence-corrected chi connectivity index (χ4v) is 4.70. The van der Waals surface area contributed by atoms with Gasteiger partial charge in [0.25, 0.3) is 5.91 Å². The first kappa shape index (κ1) is 23.1. The van der Waals surface area contributed by atoms with Gasteiger partial charge in [-0.15, -0.1) is 0 Å². The number of nitrogens with one attached hydrogen (secondary N) is 1. The van der Waals surface area contributed by atoms with E-state index in [1.165, 1.54) is 12.8 Å². The van der Waals surface area contributed by atoms with Crippen LogP contribution >= 0.6 is 0 Å². The summed E-state index contributed by atoms with van der Waals surface area (Å²) in [5.41, 5.74) is 3.39. The molecular formula is C27H31N5O3. The lowest BCUT2D eigenvalue weighted by atomic mass is 10.1. The molecule has 0 bridgehead atoms. The minimum absolute atomic E-state index is 0.0630. The molecule has 2 amide bonds.